The van der Waals surface area contributed by atoms with Crippen LogP contribution in [0, 0.1) is 5.95 Å². The van der Waals surface area contributed by atoms with Crippen molar-refractivity contribution in [3.63, 3.8) is 0 Å². The highest BCUT2D eigenvalue weighted by Gasteiger charge is 2.36. The number of nitrogens with zero attached hydrogens (tertiary/aromatic N) is 4. The van der Waals surface area contributed by atoms with Crippen LogP contribution < -0.4 is 4.74 Å². The van der Waals surface area contributed by atoms with Gasteiger partial charge in [0.1, 0.15) is 11.6 Å². The number of imidazole rings is 1. The molecule has 7 nitrogen and oxygen atoms in total. The first-order valence-corrected chi connectivity index (χ1v) is 9.75. The first-order chi connectivity index (χ1) is 14.0. The quantitative estimate of drug-likeness (QED) is 0.621. The Bertz CT molecular complexity index is 1060. The van der Waals surface area contributed by atoms with Gasteiger partial charge in [0.2, 0.25) is 5.95 Å². The molecule has 0 radical (unpaired) electrons. The van der Waals surface area contributed by atoms with Crippen LogP contribution in [0.1, 0.15) is 18.3 Å². The summed E-state index contributed by atoms with van der Waals surface area (Å²) >= 11 is 6.39. The zero-order chi connectivity index (χ0) is 20.5. The molecule has 2 aromatic heterocycles. The number of amides is 2. The maximum atomic E-state index is 13.3. The van der Waals surface area contributed by atoms with E-state index in [1.807, 2.05) is 24.0 Å². The van der Waals surface area contributed by atoms with Crippen molar-refractivity contribution in [2.75, 3.05) is 20.2 Å². The molecule has 1 saturated heterocycles. The molecular weight excluding hydrogens is 397 g/mol. The molecule has 4 rings (SSSR count). The molecule has 9 heteroatoms. The largest absolute Gasteiger partial charge is 0.497 e. The van der Waals surface area contributed by atoms with Crippen LogP contribution in [-0.2, 0) is 13.0 Å². The molecule has 0 bridgehead atoms. The van der Waals surface area contributed by atoms with Crippen molar-refractivity contribution in [3.05, 3.63) is 52.7 Å². The van der Waals surface area contributed by atoms with Gasteiger partial charge < -0.3 is 19.5 Å². The molecule has 0 spiro atoms. The predicted octanol–water partition coefficient (Wildman–Crippen LogP) is 3.63. The highest BCUT2D eigenvalue weighted by Crippen LogP contribution is 2.27. The molecule has 1 fully saturated rings. The number of likely N-dealkylation sites (N-methyl/N-ethyl adjacent to an activating group) is 1. The number of urea groups is 1. The number of methoxy groups -OCH3 is 1. The molecular formula is C20H21ClFN5O2. The van der Waals surface area contributed by atoms with E-state index in [1.54, 1.807) is 24.1 Å². The lowest BCUT2D eigenvalue weighted by atomic mass is 10.1. The average Bonchev–Trinajstić information content (AvgIpc) is 3.23. The lowest BCUT2D eigenvalue weighted by Crippen LogP contribution is -2.35. The Morgan fingerprint density at radius 2 is 2.14 bits per heavy atom. The van der Waals surface area contributed by atoms with Gasteiger partial charge in [-0.2, -0.15) is 9.37 Å². The predicted molar refractivity (Wildman–Crippen MR) is 108 cm³/mol. The molecule has 152 valence electrons. The zero-order valence-corrected chi connectivity index (χ0v) is 16.9. The lowest BCUT2D eigenvalue weighted by Gasteiger charge is -2.21. The number of aromatic nitrogens is 3. The molecule has 1 atom stereocenters. The first-order valence-electron chi connectivity index (χ1n) is 9.37. The third kappa shape index (κ3) is 3.85. The number of rotatable bonds is 6. The monoisotopic (exact) mass is 417 g/mol. The number of hydrogen-bond donors (Lipinski definition) is 1. The fourth-order valence-electron chi connectivity index (χ4n) is 3.72. The summed E-state index contributed by atoms with van der Waals surface area (Å²) in [6.45, 7) is 3.41. The molecule has 29 heavy (non-hydrogen) atoms. The van der Waals surface area contributed by atoms with Gasteiger partial charge in [-0.05, 0) is 43.2 Å². The summed E-state index contributed by atoms with van der Waals surface area (Å²) in [5, 5.41) is 0.622. The number of ether oxygens (including phenoxy) is 1. The molecule has 1 aromatic carbocycles. The molecule has 1 N–H and O–H groups in total. The number of pyridine rings is 1. The zero-order valence-electron chi connectivity index (χ0n) is 16.2. The van der Waals surface area contributed by atoms with E-state index in [9.17, 15) is 9.18 Å². The fraction of sp³-hybridized carbons (Fsp3) is 0.350. The van der Waals surface area contributed by atoms with Gasteiger partial charge in [0, 0.05) is 18.1 Å². The standard InChI is InChI=1S/C20H21ClFN5O2/c1-3-27-13(8-12-4-5-14(29-2)9-15(12)21)10-26(20(27)28)11-18-23-16-6-7-17(22)24-19(16)25-18/h4-7,9,13H,3,8,10-11H2,1-2H3,(H,23,24,25). The van der Waals surface area contributed by atoms with Gasteiger partial charge in [0.05, 0.1) is 25.2 Å². The van der Waals surface area contributed by atoms with Gasteiger partial charge in [0.15, 0.2) is 5.65 Å². The van der Waals surface area contributed by atoms with Crippen LogP contribution in [0.15, 0.2) is 30.3 Å². The third-order valence-corrected chi connectivity index (χ3v) is 5.50. The second kappa shape index (κ2) is 7.87. The van der Waals surface area contributed by atoms with E-state index in [0.717, 1.165) is 5.56 Å². The maximum absolute atomic E-state index is 13.3. The van der Waals surface area contributed by atoms with Crippen molar-refractivity contribution < 1.29 is 13.9 Å². The van der Waals surface area contributed by atoms with Crippen molar-refractivity contribution >= 4 is 28.8 Å². The molecule has 1 aliphatic rings. The van der Waals surface area contributed by atoms with E-state index in [-0.39, 0.29) is 12.1 Å². The number of benzene rings is 1. The SMILES string of the molecule is CCN1C(=O)N(Cc2nc3nc(F)ccc3[nH]2)CC1Cc1ccc(OC)cc1Cl. The van der Waals surface area contributed by atoms with E-state index in [2.05, 4.69) is 15.0 Å². The van der Waals surface area contributed by atoms with Gasteiger partial charge in [0.25, 0.3) is 0 Å². The highest BCUT2D eigenvalue weighted by atomic mass is 35.5. The number of hydrogen-bond acceptors (Lipinski definition) is 4. The van der Waals surface area contributed by atoms with Crippen LogP contribution in [-0.4, -0.2) is 57.0 Å². The van der Waals surface area contributed by atoms with Crippen molar-refractivity contribution in [1.29, 1.82) is 0 Å². The third-order valence-electron chi connectivity index (χ3n) is 5.15. The Morgan fingerprint density at radius 1 is 1.31 bits per heavy atom. The van der Waals surface area contributed by atoms with E-state index >= 15 is 0 Å². The maximum Gasteiger partial charge on any atom is 0.320 e. The van der Waals surface area contributed by atoms with E-state index in [1.165, 1.54) is 6.07 Å². The summed E-state index contributed by atoms with van der Waals surface area (Å²) < 4.78 is 18.5. The van der Waals surface area contributed by atoms with Crippen molar-refractivity contribution in [2.45, 2.75) is 25.9 Å². The van der Waals surface area contributed by atoms with Crippen molar-refractivity contribution in [3.8, 4) is 5.75 Å². The molecule has 1 unspecified atom stereocenters. The second-order valence-electron chi connectivity index (χ2n) is 6.95. The number of fused-ring (bicyclic) bond motifs is 1. The summed E-state index contributed by atoms with van der Waals surface area (Å²) in [6.07, 6.45) is 0.645. The minimum absolute atomic E-state index is 0.00153. The number of carbonyl (C=O) groups is 1. The Hall–Kier alpha value is -2.87. The van der Waals surface area contributed by atoms with Gasteiger partial charge in [-0.15, -0.1) is 0 Å². The van der Waals surface area contributed by atoms with Gasteiger partial charge in [-0.25, -0.2) is 9.78 Å². The van der Waals surface area contributed by atoms with Crippen molar-refractivity contribution in [1.82, 2.24) is 24.8 Å². The molecule has 2 amide bonds. The summed E-state index contributed by atoms with van der Waals surface area (Å²) in [6, 6.07) is 8.39. The Labute approximate surface area is 172 Å². The fourth-order valence-corrected chi connectivity index (χ4v) is 3.97. The van der Waals surface area contributed by atoms with Gasteiger partial charge in [-0.1, -0.05) is 17.7 Å². The Morgan fingerprint density at radius 3 is 2.86 bits per heavy atom. The Balaban J connectivity index is 1.51. The molecule has 1 aliphatic heterocycles. The van der Waals surface area contributed by atoms with Crippen LogP contribution in [0.25, 0.3) is 11.2 Å². The number of nitrogens with one attached hydrogen (secondary N) is 1. The summed E-state index contributed by atoms with van der Waals surface area (Å²) in [4.78, 5) is 27.6. The van der Waals surface area contributed by atoms with Crippen LogP contribution in [0.4, 0.5) is 9.18 Å². The number of carbonyl (C=O) groups excluding carboxylic acids is 1. The van der Waals surface area contributed by atoms with Crippen LogP contribution in [0.2, 0.25) is 5.02 Å². The highest BCUT2D eigenvalue weighted by molar-refractivity contribution is 6.31. The van der Waals surface area contributed by atoms with Crippen LogP contribution >= 0.6 is 11.6 Å². The number of aromatic amines is 1. The summed E-state index contributed by atoms with van der Waals surface area (Å²) in [5.74, 6) is 0.692. The van der Waals surface area contributed by atoms with Gasteiger partial charge >= 0.3 is 6.03 Å². The number of H-pyrrole nitrogens is 1. The second-order valence-corrected chi connectivity index (χ2v) is 7.36. The summed E-state index contributed by atoms with van der Waals surface area (Å²) in [5.41, 5.74) is 1.91. The Kier molecular flexibility index (Phi) is 5.27. The van der Waals surface area contributed by atoms with Crippen LogP contribution in [0.3, 0.4) is 0 Å². The first kappa shape index (κ1) is 19.4. The lowest BCUT2D eigenvalue weighted by molar-refractivity contribution is 0.186. The molecule has 3 aromatic rings. The average molecular weight is 418 g/mol. The van der Waals surface area contributed by atoms with E-state index in [4.69, 9.17) is 16.3 Å². The van der Waals surface area contributed by atoms with Gasteiger partial charge in [-0.3, -0.25) is 0 Å². The molecule has 0 saturated carbocycles. The normalized spacial score (nSPS) is 16.8. The van der Waals surface area contributed by atoms with Crippen molar-refractivity contribution in [2.24, 2.45) is 0 Å². The number of halogens is 2. The topological polar surface area (TPSA) is 74.4 Å². The van der Waals surface area contributed by atoms with Crippen LogP contribution in [0.5, 0.6) is 5.75 Å². The molecule has 3 heterocycles. The van der Waals surface area contributed by atoms with E-state index < -0.39 is 5.95 Å². The minimum Gasteiger partial charge on any atom is -0.497 e. The minimum atomic E-state index is -0.582. The van der Waals surface area contributed by atoms with E-state index in [0.29, 0.717) is 53.8 Å². The molecule has 0 aliphatic carbocycles. The smallest absolute Gasteiger partial charge is 0.320 e. The summed E-state index contributed by atoms with van der Waals surface area (Å²) in [7, 11) is 1.60.